The Morgan fingerprint density at radius 2 is 1.32 bits per heavy atom. The molecule has 31 heavy (non-hydrogen) atoms. The van der Waals surface area contributed by atoms with E-state index < -0.39 is 6.10 Å². The fourth-order valence-corrected chi connectivity index (χ4v) is 3.25. The Hall–Kier alpha value is -1.88. The lowest BCUT2D eigenvalue weighted by atomic mass is 10.1. The summed E-state index contributed by atoms with van der Waals surface area (Å²) in [6.45, 7) is 5.02. The molecule has 0 heterocycles. The lowest BCUT2D eigenvalue weighted by molar-refractivity contribution is -0.163. The van der Waals surface area contributed by atoms with Gasteiger partial charge >= 0.3 is 11.9 Å². The zero-order valence-electron chi connectivity index (χ0n) is 19.6. The third kappa shape index (κ3) is 15.6. The van der Waals surface area contributed by atoms with Gasteiger partial charge in [0.1, 0.15) is 6.61 Å². The van der Waals surface area contributed by atoms with Crippen molar-refractivity contribution < 1.29 is 23.8 Å². The highest BCUT2D eigenvalue weighted by Gasteiger charge is 2.17. The number of unbranched alkanes of at least 4 members (excludes halogenated alkanes) is 8. The minimum atomic E-state index is -0.573. The van der Waals surface area contributed by atoms with Crippen molar-refractivity contribution >= 4 is 11.9 Å². The normalized spacial score (nSPS) is 11.8. The van der Waals surface area contributed by atoms with E-state index in [4.69, 9.17) is 14.2 Å². The number of benzene rings is 1. The molecule has 1 aromatic carbocycles. The molecule has 0 spiro atoms. The maximum atomic E-state index is 12.2. The molecular weight excluding hydrogens is 392 g/mol. The molecule has 1 atom stereocenters. The molecule has 0 fully saturated rings. The van der Waals surface area contributed by atoms with Crippen LogP contribution in [-0.2, 0) is 30.4 Å². The van der Waals surface area contributed by atoms with Crippen molar-refractivity contribution in [2.24, 2.45) is 0 Å². The quantitative estimate of drug-likeness (QED) is 0.187. The van der Waals surface area contributed by atoms with Crippen molar-refractivity contribution in [3.63, 3.8) is 0 Å². The second kappa shape index (κ2) is 18.9. The molecule has 0 saturated carbocycles. The van der Waals surface area contributed by atoms with Crippen LogP contribution in [0.25, 0.3) is 0 Å². The minimum absolute atomic E-state index is 0.0458. The summed E-state index contributed by atoms with van der Waals surface area (Å²) in [5.74, 6) is -0.486. The van der Waals surface area contributed by atoms with Crippen LogP contribution in [0, 0.1) is 0 Å². The van der Waals surface area contributed by atoms with Crippen molar-refractivity contribution in [2.75, 3.05) is 13.2 Å². The van der Waals surface area contributed by atoms with Crippen molar-refractivity contribution in [3.05, 3.63) is 35.9 Å². The Morgan fingerprint density at radius 1 is 0.742 bits per heavy atom. The molecule has 0 aliphatic carbocycles. The number of ether oxygens (including phenoxy) is 3. The highest BCUT2D eigenvalue weighted by molar-refractivity contribution is 5.70. The summed E-state index contributed by atoms with van der Waals surface area (Å²) in [6, 6.07) is 9.83. The van der Waals surface area contributed by atoms with Gasteiger partial charge in [0.05, 0.1) is 13.2 Å². The first-order valence-corrected chi connectivity index (χ1v) is 12.1. The number of rotatable bonds is 19. The van der Waals surface area contributed by atoms with E-state index in [1.807, 2.05) is 30.3 Å². The molecule has 176 valence electrons. The minimum Gasteiger partial charge on any atom is -0.462 e. The van der Waals surface area contributed by atoms with Gasteiger partial charge in [-0.05, 0) is 18.4 Å². The molecule has 0 radical (unpaired) electrons. The van der Waals surface area contributed by atoms with Gasteiger partial charge in [-0.25, -0.2) is 0 Å². The van der Waals surface area contributed by atoms with Crippen LogP contribution < -0.4 is 0 Å². The summed E-state index contributed by atoms with van der Waals surface area (Å²) in [7, 11) is 0. The van der Waals surface area contributed by atoms with Crippen LogP contribution in [0.3, 0.4) is 0 Å². The van der Waals surface area contributed by atoms with Gasteiger partial charge in [0.15, 0.2) is 6.10 Å². The number of hydrogen-bond donors (Lipinski definition) is 0. The van der Waals surface area contributed by atoms with Crippen LogP contribution in [0.5, 0.6) is 0 Å². The molecule has 1 rings (SSSR count). The zero-order valence-corrected chi connectivity index (χ0v) is 19.6. The van der Waals surface area contributed by atoms with Crippen molar-refractivity contribution in [1.82, 2.24) is 0 Å². The fourth-order valence-electron chi connectivity index (χ4n) is 3.25. The van der Waals surface area contributed by atoms with Gasteiger partial charge in [-0.15, -0.1) is 0 Å². The van der Waals surface area contributed by atoms with Crippen LogP contribution in [0.2, 0.25) is 0 Å². The summed E-state index contributed by atoms with van der Waals surface area (Å²) in [6.07, 6.45) is 11.0. The lowest BCUT2D eigenvalue weighted by Gasteiger charge is -2.18. The summed E-state index contributed by atoms with van der Waals surface area (Å²) < 4.78 is 16.7. The van der Waals surface area contributed by atoms with E-state index in [0.717, 1.165) is 44.1 Å². The molecule has 1 aromatic rings. The van der Waals surface area contributed by atoms with Gasteiger partial charge < -0.3 is 14.2 Å². The largest absolute Gasteiger partial charge is 0.462 e. The molecule has 5 heteroatoms. The van der Waals surface area contributed by atoms with E-state index >= 15 is 0 Å². The maximum absolute atomic E-state index is 12.2. The van der Waals surface area contributed by atoms with Gasteiger partial charge in [-0.2, -0.15) is 0 Å². The van der Waals surface area contributed by atoms with Crippen LogP contribution >= 0.6 is 0 Å². The number of carbonyl (C=O) groups is 2. The van der Waals surface area contributed by atoms with E-state index in [1.54, 1.807) is 0 Å². The predicted octanol–water partition coefficient (Wildman–Crippen LogP) is 6.38. The average Bonchev–Trinajstić information content (AvgIpc) is 2.77. The van der Waals surface area contributed by atoms with Crippen LogP contribution in [0.15, 0.2) is 30.3 Å². The predicted molar refractivity (Wildman–Crippen MR) is 124 cm³/mol. The molecule has 0 aromatic heterocycles. The highest BCUT2D eigenvalue weighted by atomic mass is 16.6. The third-order valence-corrected chi connectivity index (χ3v) is 5.11. The molecule has 0 amide bonds. The molecule has 0 aliphatic rings. The van der Waals surface area contributed by atoms with E-state index in [1.165, 1.54) is 25.7 Å². The molecule has 0 saturated heterocycles. The highest BCUT2D eigenvalue weighted by Crippen LogP contribution is 2.10. The number of hydrogen-bond acceptors (Lipinski definition) is 5. The van der Waals surface area contributed by atoms with E-state index in [2.05, 4.69) is 13.8 Å². The Balaban J connectivity index is 2.37. The van der Waals surface area contributed by atoms with E-state index in [-0.39, 0.29) is 25.2 Å². The molecule has 1 unspecified atom stereocenters. The summed E-state index contributed by atoms with van der Waals surface area (Å²) in [4.78, 5) is 24.2. The molecule has 0 bridgehead atoms. The molecule has 0 N–H and O–H groups in total. The van der Waals surface area contributed by atoms with E-state index in [9.17, 15) is 9.59 Å². The molecular formula is C26H42O5. The topological polar surface area (TPSA) is 61.8 Å². The van der Waals surface area contributed by atoms with Crippen molar-refractivity contribution in [3.8, 4) is 0 Å². The van der Waals surface area contributed by atoms with Gasteiger partial charge in [-0.1, -0.05) is 95.5 Å². The van der Waals surface area contributed by atoms with Crippen molar-refractivity contribution in [2.45, 2.75) is 104 Å². The first-order valence-electron chi connectivity index (χ1n) is 12.1. The van der Waals surface area contributed by atoms with Crippen LogP contribution in [0.1, 0.15) is 96.5 Å². The molecule has 0 aliphatic heterocycles. The summed E-state index contributed by atoms with van der Waals surface area (Å²) in [5.41, 5.74) is 1.05. The first-order chi connectivity index (χ1) is 15.2. The second-order valence-electron chi connectivity index (χ2n) is 8.12. The number of carbonyl (C=O) groups excluding carboxylic acids is 2. The Bertz CT molecular complexity index is 572. The third-order valence-electron chi connectivity index (χ3n) is 5.11. The SMILES string of the molecule is CCCCCCCC(=O)OCC(COCc1ccccc1)OC(=O)CCCCCCC. The molecule has 5 nitrogen and oxygen atoms in total. The fraction of sp³-hybridized carbons (Fsp3) is 0.692. The standard InChI is InChI=1S/C26H42O5/c1-3-5-7-9-14-18-25(27)30-22-24(21-29-20-23-16-12-11-13-17-23)31-26(28)19-15-10-8-6-4-2/h11-13,16-17,24H,3-10,14-15,18-22H2,1-2H3. The average molecular weight is 435 g/mol. The van der Waals surface area contributed by atoms with Crippen LogP contribution in [0.4, 0.5) is 0 Å². The van der Waals surface area contributed by atoms with Crippen LogP contribution in [-0.4, -0.2) is 31.3 Å². The summed E-state index contributed by atoms with van der Waals surface area (Å²) >= 11 is 0. The Morgan fingerprint density at radius 3 is 1.94 bits per heavy atom. The van der Waals surface area contributed by atoms with Crippen molar-refractivity contribution in [1.29, 1.82) is 0 Å². The monoisotopic (exact) mass is 434 g/mol. The zero-order chi connectivity index (χ0) is 22.6. The van der Waals surface area contributed by atoms with Gasteiger partial charge in [0.25, 0.3) is 0 Å². The second-order valence-corrected chi connectivity index (χ2v) is 8.12. The van der Waals surface area contributed by atoms with Gasteiger partial charge in [-0.3, -0.25) is 9.59 Å². The smallest absolute Gasteiger partial charge is 0.306 e. The Labute approximate surface area is 188 Å². The number of esters is 2. The van der Waals surface area contributed by atoms with Gasteiger partial charge in [0.2, 0.25) is 0 Å². The lowest BCUT2D eigenvalue weighted by Crippen LogP contribution is -2.29. The van der Waals surface area contributed by atoms with Gasteiger partial charge in [0, 0.05) is 12.8 Å². The summed E-state index contributed by atoms with van der Waals surface area (Å²) in [5, 5.41) is 0. The maximum Gasteiger partial charge on any atom is 0.306 e. The Kier molecular flexibility index (Phi) is 16.5. The van der Waals surface area contributed by atoms with E-state index in [0.29, 0.717) is 19.4 Å². The first kappa shape index (κ1) is 27.2.